The van der Waals surface area contributed by atoms with Crippen LogP contribution in [0.1, 0.15) is 28.9 Å². The van der Waals surface area contributed by atoms with Gasteiger partial charge in [-0.2, -0.15) is 0 Å². The standard InChI is InChI=1S/C21H24N2O4/c1-15(22-20(24)17-8-10-18(26-2)11-9-17)21(25)23-12-13-27-19(14-23)16-6-4-3-5-7-16/h3-11,15,19H,12-14H2,1-2H3,(H,22,24)/t15-,19?/m1/s1. The van der Waals surface area contributed by atoms with E-state index in [1.165, 1.54) is 0 Å². The summed E-state index contributed by atoms with van der Waals surface area (Å²) >= 11 is 0. The molecule has 1 saturated heterocycles. The smallest absolute Gasteiger partial charge is 0.251 e. The topological polar surface area (TPSA) is 67.9 Å². The van der Waals surface area contributed by atoms with Gasteiger partial charge in [0.1, 0.15) is 17.9 Å². The zero-order chi connectivity index (χ0) is 19.2. The third kappa shape index (κ3) is 4.65. The fourth-order valence-corrected chi connectivity index (χ4v) is 3.08. The van der Waals surface area contributed by atoms with Gasteiger partial charge in [-0.1, -0.05) is 30.3 Å². The number of benzene rings is 2. The fourth-order valence-electron chi connectivity index (χ4n) is 3.08. The Morgan fingerprint density at radius 3 is 2.52 bits per heavy atom. The first-order valence-electron chi connectivity index (χ1n) is 8.98. The predicted molar refractivity (Wildman–Crippen MR) is 102 cm³/mol. The summed E-state index contributed by atoms with van der Waals surface area (Å²) in [5.74, 6) is 0.281. The number of morpholine rings is 1. The number of nitrogens with zero attached hydrogens (tertiary/aromatic N) is 1. The fraction of sp³-hybridized carbons (Fsp3) is 0.333. The first-order valence-corrected chi connectivity index (χ1v) is 8.98. The van der Waals surface area contributed by atoms with E-state index in [2.05, 4.69) is 5.32 Å². The van der Waals surface area contributed by atoms with Crippen LogP contribution in [-0.4, -0.2) is 49.6 Å². The van der Waals surface area contributed by atoms with Crippen LogP contribution < -0.4 is 10.1 Å². The molecule has 27 heavy (non-hydrogen) atoms. The SMILES string of the molecule is COc1ccc(C(=O)N[C@H](C)C(=O)N2CCOC(c3ccccc3)C2)cc1. The molecule has 1 fully saturated rings. The summed E-state index contributed by atoms with van der Waals surface area (Å²) in [5.41, 5.74) is 1.53. The Morgan fingerprint density at radius 1 is 1.15 bits per heavy atom. The van der Waals surface area contributed by atoms with E-state index < -0.39 is 6.04 Å². The lowest BCUT2D eigenvalue weighted by Gasteiger charge is -2.34. The second kappa shape index (κ2) is 8.68. The number of hydrogen-bond donors (Lipinski definition) is 1. The highest BCUT2D eigenvalue weighted by Gasteiger charge is 2.28. The summed E-state index contributed by atoms with van der Waals surface area (Å²) in [6.07, 6.45) is -0.145. The number of amides is 2. The van der Waals surface area contributed by atoms with Gasteiger partial charge >= 0.3 is 0 Å². The second-order valence-corrected chi connectivity index (χ2v) is 6.48. The molecule has 0 bridgehead atoms. The van der Waals surface area contributed by atoms with Crippen LogP contribution in [-0.2, 0) is 9.53 Å². The van der Waals surface area contributed by atoms with Gasteiger partial charge in [0.2, 0.25) is 5.91 Å². The van der Waals surface area contributed by atoms with Crippen molar-refractivity contribution in [2.45, 2.75) is 19.1 Å². The molecule has 2 amide bonds. The van der Waals surface area contributed by atoms with E-state index in [1.54, 1.807) is 43.2 Å². The molecule has 0 aromatic heterocycles. The Kier molecular flexibility index (Phi) is 6.08. The second-order valence-electron chi connectivity index (χ2n) is 6.48. The van der Waals surface area contributed by atoms with Crippen LogP contribution in [0.2, 0.25) is 0 Å². The monoisotopic (exact) mass is 368 g/mol. The molecule has 142 valence electrons. The third-order valence-electron chi connectivity index (χ3n) is 4.62. The molecule has 1 unspecified atom stereocenters. The van der Waals surface area contributed by atoms with Crippen LogP contribution in [0.4, 0.5) is 0 Å². The number of carbonyl (C=O) groups excluding carboxylic acids is 2. The van der Waals surface area contributed by atoms with Gasteiger partial charge in [-0.3, -0.25) is 9.59 Å². The molecule has 0 spiro atoms. The van der Waals surface area contributed by atoms with E-state index in [0.29, 0.717) is 31.0 Å². The summed E-state index contributed by atoms with van der Waals surface area (Å²) < 4.78 is 10.9. The molecule has 0 saturated carbocycles. The lowest BCUT2D eigenvalue weighted by Crippen LogP contribution is -2.51. The van der Waals surface area contributed by atoms with E-state index in [-0.39, 0.29) is 17.9 Å². The van der Waals surface area contributed by atoms with E-state index in [9.17, 15) is 9.59 Å². The maximum absolute atomic E-state index is 12.8. The van der Waals surface area contributed by atoms with Gasteiger partial charge in [0.05, 0.1) is 20.3 Å². The number of nitrogens with one attached hydrogen (secondary N) is 1. The molecule has 0 radical (unpaired) electrons. The zero-order valence-electron chi connectivity index (χ0n) is 15.6. The van der Waals surface area contributed by atoms with E-state index in [1.807, 2.05) is 30.3 Å². The quantitative estimate of drug-likeness (QED) is 0.880. The van der Waals surface area contributed by atoms with Crippen molar-refractivity contribution in [2.24, 2.45) is 0 Å². The van der Waals surface area contributed by atoms with Crippen molar-refractivity contribution in [3.63, 3.8) is 0 Å². The predicted octanol–water partition coefficient (Wildman–Crippen LogP) is 2.41. The minimum atomic E-state index is -0.617. The van der Waals surface area contributed by atoms with Crippen molar-refractivity contribution in [1.82, 2.24) is 10.2 Å². The molecule has 1 aliphatic rings. The van der Waals surface area contributed by atoms with Gasteiger partial charge in [-0.15, -0.1) is 0 Å². The Hall–Kier alpha value is -2.86. The van der Waals surface area contributed by atoms with Gasteiger partial charge in [0.15, 0.2) is 0 Å². The molecule has 2 atom stereocenters. The molecule has 0 aliphatic carbocycles. The summed E-state index contributed by atoms with van der Waals surface area (Å²) in [7, 11) is 1.57. The summed E-state index contributed by atoms with van der Waals surface area (Å²) in [6, 6.07) is 16.0. The van der Waals surface area contributed by atoms with Crippen molar-refractivity contribution < 1.29 is 19.1 Å². The number of carbonyl (C=O) groups is 2. The van der Waals surface area contributed by atoms with E-state index >= 15 is 0 Å². The van der Waals surface area contributed by atoms with Crippen LogP contribution in [0.5, 0.6) is 5.75 Å². The Bertz CT molecular complexity index is 777. The van der Waals surface area contributed by atoms with Gasteiger partial charge in [-0.05, 0) is 36.8 Å². The molecule has 1 heterocycles. The van der Waals surface area contributed by atoms with Gasteiger partial charge < -0.3 is 19.7 Å². The van der Waals surface area contributed by atoms with Gasteiger partial charge in [-0.25, -0.2) is 0 Å². The third-order valence-corrected chi connectivity index (χ3v) is 4.62. The highest BCUT2D eigenvalue weighted by atomic mass is 16.5. The summed E-state index contributed by atoms with van der Waals surface area (Å²) in [4.78, 5) is 26.9. The number of methoxy groups -OCH3 is 1. The number of ether oxygens (including phenoxy) is 2. The van der Waals surface area contributed by atoms with E-state index in [0.717, 1.165) is 5.56 Å². The molecule has 1 aliphatic heterocycles. The van der Waals surface area contributed by atoms with Crippen molar-refractivity contribution in [3.8, 4) is 5.75 Å². The van der Waals surface area contributed by atoms with Crippen molar-refractivity contribution in [3.05, 3.63) is 65.7 Å². The Balaban J connectivity index is 1.59. The average Bonchev–Trinajstić information content (AvgIpc) is 2.74. The lowest BCUT2D eigenvalue weighted by atomic mass is 10.1. The Labute approximate surface area is 159 Å². The minimum absolute atomic E-state index is 0.110. The molecule has 6 nitrogen and oxygen atoms in total. The highest BCUT2D eigenvalue weighted by Crippen LogP contribution is 2.22. The lowest BCUT2D eigenvalue weighted by molar-refractivity contribution is -0.140. The first-order chi connectivity index (χ1) is 13.1. The molecular weight excluding hydrogens is 344 g/mol. The molecule has 2 aromatic carbocycles. The minimum Gasteiger partial charge on any atom is -0.497 e. The maximum Gasteiger partial charge on any atom is 0.251 e. The van der Waals surface area contributed by atoms with Gasteiger partial charge in [0.25, 0.3) is 5.91 Å². The highest BCUT2D eigenvalue weighted by molar-refractivity contribution is 5.97. The van der Waals surface area contributed by atoms with Gasteiger partial charge in [0, 0.05) is 12.1 Å². The first kappa shape index (κ1) is 18.9. The van der Waals surface area contributed by atoms with Crippen LogP contribution in [0.25, 0.3) is 0 Å². The van der Waals surface area contributed by atoms with Crippen LogP contribution in [0, 0.1) is 0 Å². The largest absolute Gasteiger partial charge is 0.497 e. The molecule has 2 aromatic rings. The van der Waals surface area contributed by atoms with Crippen molar-refractivity contribution in [1.29, 1.82) is 0 Å². The number of hydrogen-bond acceptors (Lipinski definition) is 4. The van der Waals surface area contributed by atoms with E-state index in [4.69, 9.17) is 9.47 Å². The van der Waals surface area contributed by atoms with Crippen molar-refractivity contribution >= 4 is 11.8 Å². The summed E-state index contributed by atoms with van der Waals surface area (Å²) in [6.45, 7) is 3.18. The Morgan fingerprint density at radius 2 is 1.85 bits per heavy atom. The normalized spacial score (nSPS) is 17.9. The molecule has 1 N–H and O–H groups in total. The molecule has 3 rings (SSSR count). The average molecular weight is 368 g/mol. The van der Waals surface area contributed by atoms with Crippen LogP contribution in [0.3, 0.4) is 0 Å². The number of rotatable bonds is 5. The summed E-state index contributed by atoms with van der Waals surface area (Å²) in [5, 5.41) is 2.77. The molecule has 6 heteroatoms. The van der Waals surface area contributed by atoms with Crippen LogP contribution >= 0.6 is 0 Å². The zero-order valence-corrected chi connectivity index (χ0v) is 15.6. The van der Waals surface area contributed by atoms with Crippen molar-refractivity contribution in [2.75, 3.05) is 26.8 Å². The van der Waals surface area contributed by atoms with Crippen LogP contribution in [0.15, 0.2) is 54.6 Å². The maximum atomic E-state index is 12.8. The molecular formula is C21H24N2O4.